The lowest BCUT2D eigenvalue weighted by atomic mass is 10.2. The van der Waals surface area contributed by atoms with Crippen molar-refractivity contribution in [2.24, 2.45) is 0 Å². The first kappa shape index (κ1) is 12.2. The first-order valence-corrected chi connectivity index (χ1v) is 6.23. The van der Waals surface area contributed by atoms with Crippen molar-refractivity contribution in [1.29, 1.82) is 0 Å². The molecule has 1 saturated heterocycles. The molecule has 4 heteroatoms. The molecule has 0 unspecified atom stereocenters. The third kappa shape index (κ3) is 3.35. The maximum absolute atomic E-state index is 8.95. The summed E-state index contributed by atoms with van der Waals surface area (Å²) in [6, 6.07) is 8.06. The van der Waals surface area contributed by atoms with Crippen LogP contribution in [-0.4, -0.2) is 49.3 Å². The Balaban J connectivity index is 1.96. The number of nitrogens with zero attached hydrogens (tertiary/aromatic N) is 2. The molecular weight excluding hydrogens is 214 g/mol. The zero-order valence-electron chi connectivity index (χ0n) is 10.2. The predicted octanol–water partition coefficient (Wildman–Crippen LogP) is 0.773. The summed E-state index contributed by atoms with van der Waals surface area (Å²) in [5.41, 5.74) is 7.75. The van der Waals surface area contributed by atoms with Crippen molar-refractivity contribution in [3.63, 3.8) is 0 Å². The van der Waals surface area contributed by atoms with Gasteiger partial charge in [-0.1, -0.05) is 0 Å². The van der Waals surface area contributed by atoms with Gasteiger partial charge in [0.2, 0.25) is 0 Å². The van der Waals surface area contributed by atoms with E-state index in [2.05, 4.69) is 21.9 Å². The molecular formula is C13H21N3O. The third-order valence-electron chi connectivity index (χ3n) is 3.26. The number of rotatable bonds is 3. The van der Waals surface area contributed by atoms with Crippen LogP contribution in [0.5, 0.6) is 0 Å². The van der Waals surface area contributed by atoms with Crippen LogP contribution in [0.2, 0.25) is 0 Å². The highest BCUT2D eigenvalue weighted by molar-refractivity contribution is 5.53. The Morgan fingerprint density at radius 1 is 1.06 bits per heavy atom. The first-order valence-electron chi connectivity index (χ1n) is 6.23. The molecule has 0 aliphatic carbocycles. The largest absolute Gasteiger partial charge is 0.399 e. The average Bonchev–Trinajstić information content (AvgIpc) is 2.56. The molecule has 0 bridgehead atoms. The number of hydrogen-bond acceptors (Lipinski definition) is 4. The van der Waals surface area contributed by atoms with Crippen molar-refractivity contribution in [3.8, 4) is 0 Å². The fraction of sp³-hybridized carbons (Fsp3) is 0.538. The second-order valence-electron chi connectivity index (χ2n) is 4.50. The van der Waals surface area contributed by atoms with Gasteiger partial charge in [-0.15, -0.1) is 0 Å². The summed E-state index contributed by atoms with van der Waals surface area (Å²) in [6.45, 7) is 5.23. The maximum Gasteiger partial charge on any atom is 0.0558 e. The highest BCUT2D eigenvalue weighted by Gasteiger charge is 2.14. The molecule has 17 heavy (non-hydrogen) atoms. The standard InChI is InChI=1S/C13H21N3O/c14-12-2-4-13(5-3-12)16-7-1-6-15(8-9-16)10-11-17/h2-5,17H,1,6-11,14H2. The summed E-state index contributed by atoms with van der Waals surface area (Å²) in [5.74, 6) is 0. The lowest BCUT2D eigenvalue weighted by Gasteiger charge is -2.23. The lowest BCUT2D eigenvalue weighted by Crippen LogP contribution is -2.32. The van der Waals surface area contributed by atoms with E-state index in [1.165, 1.54) is 5.69 Å². The molecule has 1 aliphatic heterocycles. The average molecular weight is 235 g/mol. The van der Waals surface area contributed by atoms with Gasteiger partial charge in [0, 0.05) is 37.6 Å². The van der Waals surface area contributed by atoms with Crippen molar-refractivity contribution in [3.05, 3.63) is 24.3 Å². The van der Waals surface area contributed by atoms with Gasteiger partial charge < -0.3 is 15.7 Å². The van der Waals surface area contributed by atoms with E-state index >= 15 is 0 Å². The van der Waals surface area contributed by atoms with E-state index in [1.807, 2.05) is 12.1 Å². The SMILES string of the molecule is Nc1ccc(N2CCCN(CCO)CC2)cc1. The molecule has 1 fully saturated rings. The smallest absolute Gasteiger partial charge is 0.0558 e. The van der Waals surface area contributed by atoms with Gasteiger partial charge in [0.25, 0.3) is 0 Å². The topological polar surface area (TPSA) is 52.7 Å². The number of nitrogen functional groups attached to an aromatic ring is 1. The van der Waals surface area contributed by atoms with E-state index < -0.39 is 0 Å². The van der Waals surface area contributed by atoms with Crippen LogP contribution in [0.4, 0.5) is 11.4 Å². The molecule has 0 atom stereocenters. The van der Waals surface area contributed by atoms with Crippen LogP contribution in [0.15, 0.2) is 24.3 Å². The summed E-state index contributed by atoms with van der Waals surface area (Å²) in [6.07, 6.45) is 1.14. The van der Waals surface area contributed by atoms with Crippen LogP contribution in [0.3, 0.4) is 0 Å². The van der Waals surface area contributed by atoms with Crippen molar-refractivity contribution in [1.82, 2.24) is 4.90 Å². The molecule has 4 nitrogen and oxygen atoms in total. The van der Waals surface area contributed by atoms with E-state index in [0.717, 1.165) is 44.8 Å². The highest BCUT2D eigenvalue weighted by Crippen LogP contribution is 2.18. The lowest BCUT2D eigenvalue weighted by molar-refractivity contribution is 0.204. The van der Waals surface area contributed by atoms with Crippen LogP contribution in [0.25, 0.3) is 0 Å². The first-order chi connectivity index (χ1) is 8.29. The van der Waals surface area contributed by atoms with E-state index in [-0.39, 0.29) is 6.61 Å². The number of anilines is 2. The molecule has 0 spiro atoms. The van der Waals surface area contributed by atoms with Gasteiger partial charge in [0.05, 0.1) is 6.61 Å². The quantitative estimate of drug-likeness (QED) is 0.760. The minimum Gasteiger partial charge on any atom is -0.399 e. The van der Waals surface area contributed by atoms with Crippen LogP contribution >= 0.6 is 0 Å². The number of β-amino-alcohol motifs (C(OH)–C–C–N with tert-alkyl or cyclic N) is 1. The van der Waals surface area contributed by atoms with Crippen molar-refractivity contribution in [2.75, 3.05) is 50.0 Å². The van der Waals surface area contributed by atoms with E-state index in [9.17, 15) is 0 Å². The molecule has 1 heterocycles. The number of aliphatic hydroxyl groups is 1. The summed E-state index contributed by atoms with van der Waals surface area (Å²) in [7, 11) is 0. The van der Waals surface area contributed by atoms with Crippen molar-refractivity contribution < 1.29 is 5.11 Å². The summed E-state index contributed by atoms with van der Waals surface area (Å²) in [5, 5.41) is 8.95. The monoisotopic (exact) mass is 235 g/mol. The third-order valence-corrected chi connectivity index (χ3v) is 3.26. The van der Waals surface area contributed by atoms with Gasteiger partial charge in [-0.25, -0.2) is 0 Å². The number of nitrogens with two attached hydrogens (primary N) is 1. The minimum absolute atomic E-state index is 0.252. The highest BCUT2D eigenvalue weighted by atomic mass is 16.3. The summed E-state index contributed by atoms with van der Waals surface area (Å²) in [4.78, 5) is 4.70. The van der Waals surface area contributed by atoms with Crippen molar-refractivity contribution >= 4 is 11.4 Å². The normalized spacial score (nSPS) is 18.1. The van der Waals surface area contributed by atoms with E-state index in [0.29, 0.717) is 0 Å². The Kier molecular flexibility index (Phi) is 4.23. The molecule has 0 amide bonds. The second kappa shape index (κ2) is 5.89. The van der Waals surface area contributed by atoms with Crippen LogP contribution in [0, 0.1) is 0 Å². The molecule has 0 saturated carbocycles. The van der Waals surface area contributed by atoms with Gasteiger partial charge >= 0.3 is 0 Å². The summed E-state index contributed by atoms with van der Waals surface area (Å²) < 4.78 is 0. The molecule has 0 radical (unpaired) electrons. The molecule has 1 aliphatic rings. The fourth-order valence-electron chi connectivity index (χ4n) is 2.28. The summed E-state index contributed by atoms with van der Waals surface area (Å²) >= 11 is 0. The van der Waals surface area contributed by atoms with Gasteiger partial charge in [-0.2, -0.15) is 0 Å². The van der Waals surface area contributed by atoms with E-state index in [1.54, 1.807) is 0 Å². The Labute approximate surface area is 103 Å². The Hall–Kier alpha value is -1.26. The van der Waals surface area contributed by atoms with Gasteiger partial charge in [0.15, 0.2) is 0 Å². The number of hydrogen-bond donors (Lipinski definition) is 2. The molecule has 0 aromatic heterocycles. The van der Waals surface area contributed by atoms with Gasteiger partial charge in [-0.3, -0.25) is 4.90 Å². The zero-order chi connectivity index (χ0) is 12.1. The molecule has 94 valence electrons. The zero-order valence-corrected chi connectivity index (χ0v) is 10.2. The van der Waals surface area contributed by atoms with Crippen LogP contribution < -0.4 is 10.6 Å². The van der Waals surface area contributed by atoms with Gasteiger partial charge in [0.1, 0.15) is 0 Å². The second-order valence-corrected chi connectivity index (χ2v) is 4.50. The molecule has 1 aromatic rings. The predicted molar refractivity (Wildman–Crippen MR) is 71.2 cm³/mol. The molecule has 2 rings (SSSR count). The van der Waals surface area contributed by atoms with E-state index in [4.69, 9.17) is 10.8 Å². The number of benzene rings is 1. The van der Waals surface area contributed by atoms with Crippen LogP contribution in [0.1, 0.15) is 6.42 Å². The Bertz CT molecular complexity index is 339. The minimum atomic E-state index is 0.252. The Morgan fingerprint density at radius 2 is 1.82 bits per heavy atom. The Morgan fingerprint density at radius 3 is 2.53 bits per heavy atom. The maximum atomic E-state index is 8.95. The fourth-order valence-corrected chi connectivity index (χ4v) is 2.28. The van der Waals surface area contributed by atoms with Crippen LogP contribution in [-0.2, 0) is 0 Å². The van der Waals surface area contributed by atoms with Gasteiger partial charge in [-0.05, 0) is 37.2 Å². The molecule has 3 N–H and O–H groups in total. The number of aliphatic hydroxyl groups excluding tert-OH is 1. The van der Waals surface area contributed by atoms with Crippen molar-refractivity contribution in [2.45, 2.75) is 6.42 Å². The molecule has 1 aromatic carbocycles.